The van der Waals surface area contributed by atoms with Crippen LogP contribution in [0.2, 0.25) is 0 Å². The van der Waals surface area contributed by atoms with E-state index in [2.05, 4.69) is 22.0 Å². The molecule has 3 heteroatoms. The minimum Gasteiger partial charge on any atom is -0.321 e. The van der Waals surface area contributed by atoms with Gasteiger partial charge in [0.2, 0.25) is 0 Å². The fourth-order valence-corrected chi connectivity index (χ4v) is 2.29. The fourth-order valence-electron chi connectivity index (χ4n) is 1.90. The summed E-state index contributed by atoms with van der Waals surface area (Å²) in [6, 6.07) is 4.89. The number of hydrogen-bond acceptors (Lipinski definition) is 1. The Morgan fingerprint density at radius 2 is 2.20 bits per heavy atom. The zero-order valence-electron chi connectivity index (χ0n) is 8.34. The largest absolute Gasteiger partial charge is 0.321 e. The van der Waals surface area contributed by atoms with Crippen LogP contribution < -0.4 is 5.73 Å². The van der Waals surface area contributed by atoms with Gasteiger partial charge in [-0.05, 0) is 52.9 Å². The van der Waals surface area contributed by atoms with Crippen molar-refractivity contribution in [3.05, 3.63) is 45.7 Å². The predicted octanol–water partition coefficient (Wildman–Crippen LogP) is 3.70. The van der Waals surface area contributed by atoms with Crippen molar-refractivity contribution in [2.24, 2.45) is 5.73 Å². The minimum absolute atomic E-state index is 0.0793. The summed E-state index contributed by atoms with van der Waals surface area (Å²) in [6.45, 7) is 0. The maximum absolute atomic E-state index is 13.0. The van der Waals surface area contributed by atoms with E-state index in [0.29, 0.717) is 4.47 Å². The summed E-state index contributed by atoms with van der Waals surface area (Å²) in [7, 11) is 0. The Kier molecular flexibility index (Phi) is 3.22. The Labute approximate surface area is 97.3 Å². The molecule has 80 valence electrons. The Morgan fingerprint density at radius 1 is 1.40 bits per heavy atom. The standard InChI is InChI=1S/C12H13BrFN/c13-10-7-9(5-6-11(10)14)12(15)8-3-1-2-4-8/h3,5-7,12H,1-2,4,15H2. The first-order chi connectivity index (χ1) is 7.18. The molecule has 2 N–H and O–H groups in total. The molecule has 1 aliphatic carbocycles. The number of benzene rings is 1. The summed E-state index contributed by atoms with van der Waals surface area (Å²) in [5.41, 5.74) is 8.35. The van der Waals surface area contributed by atoms with Gasteiger partial charge in [-0.25, -0.2) is 4.39 Å². The van der Waals surface area contributed by atoms with E-state index in [0.717, 1.165) is 18.4 Å². The second-order valence-corrected chi connectivity index (χ2v) is 4.68. The van der Waals surface area contributed by atoms with Crippen LogP contribution in [0, 0.1) is 5.82 Å². The predicted molar refractivity (Wildman–Crippen MR) is 63.0 cm³/mol. The number of nitrogens with two attached hydrogens (primary N) is 1. The number of hydrogen-bond donors (Lipinski definition) is 1. The molecule has 0 heterocycles. The molecule has 15 heavy (non-hydrogen) atoms. The Hall–Kier alpha value is -0.670. The molecule has 0 fully saturated rings. The molecule has 1 nitrogen and oxygen atoms in total. The lowest BCUT2D eigenvalue weighted by atomic mass is 9.99. The molecule has 0 saturated carbocycles. The van der Waals surface area contributed by atoms with E-state index in [1.807, 2.05) is 0 Å². The molecule has 1 unspecified atom stereocenters. The van der Waals surface area contributed by atoms with Gasteiger partial charge in [0.1, 0.15) is 5.82 Å². The number of rotatable bonds is 2. The van der Waals surface area contributed by atoms with Crippen molar-refractivity contribution in [3.63, 3.8) is 0 Å². The topological polar surface area (TPSA) is 26.0 Å². The molecule has 0 radical (unpaired) electrons. The lowest BCUT2D eigenvalue weighted by Crippen LogP contribution is -2.12. The molecule has 1 aromatic carbocycles. The summed E-state index contributed by atoms with van der Waals surface area (Å²) in [4.78, 5) is 0. The highest BCUT2D eigenvalue weighted by molar-refractivity contribution is 9.10. The van der Waals surface area contributed by atoms with Crippen molar-refractivity contribution >= 4 is 15.9 Å². The molecular formula is C12H13BrFN. The van der Waals surface area contributed by atoms with Crippen LogP contribution in [0.25, 0.3) is 0 Å². The SMILES string of the molecule is NC(C1=CCCC1)c1ccc(F)c(Br)c1. The maximum Gasteiger partial charge on any atom is 0.137 e. The second-order valence-electron chi connectivity index (χ2n) is 3.82. The Balaban J connectivity index is 2.25. The average molecular weight is 270 g/mol. The smallest absolute Gasteiger partial charge is 0.137 e. The molecule has 0 aliphatic heterocycles. The van der Waals surface area contributed by atoms with Crippen molar-refractivity contribution in [2.75, 3.05) is 0 Å². The van der Waals surface area contributed by atoms with E-state index in [-0.39, 0.29) is 11.9 Å². The average Bonchev–Trinajstić information content (AvgIpc) is 2.74. The highest BCUT2D eigenvalue weighted by atomic mass is 79.9. The zero-order valence-corrected chi connectivity index (χ0v) is 9.93. The van der Waals surface area contributed by atoms with Crippen LogP contribution in [-0.2, 0) is 0 Å². The first-order valence-electron chi connectivity index (χ1n) is 5.08. The molecule has 0 saturated heterocycles. The summed E-state index contributed by atoms with van der Waals surface area (Å²) in [5, 5.41) is 0. The van der Waals surface area contributed by atoms with Crippen LogP contribution in [0.5, 0.6) is 0 Å². The molecule has 0 bridgehead atoms. The molecule has 1 aliphatic rings. The van der Waals surface area contributed by atoms with Gasteiger partial charge in [-0.2, -0.15) is 0 Å². The minimum atomic E-state index is -0.244. The van der Waals surface area contributed by atoms with Crippen molar-refractivity contribution < 1.29 is 4.39 Å². The summed E-state index contributed by atoms with van der Waals surface area (Å²) >= 11 is 3.17. The third-order valence-corrected chi connectivity index (χ3v) is 3.39. The molecule has 1 aromatic rings. The lowest BCUT2D eigenvalue weighted by molar-refractivity contribution is 0.619. The van der Waals surface area contributed by atoms with Crippen LogP contribution >= 0.6 is 15.9 Å². The molecule has 0 spiro atoms. The van der Waals surface area contributed by atoms with Gasteiger partial charge in [-0.15, -0.1) is 0 Å². The van der Waals surface area contributed by atoms with E-state index in [4.69, 9.17) is 5.73 Å². The van der Waals surface area contributed by atoms with Crippen LogP contribution in [0.1, 0.15) is 30.9 Å². The van der Waals surface area contributed by atoms with E-state index in [1.165, 1.54) is 18.1 Å². The second kappa shape index (κ2) is 4.45. The number of allylic oxidation sites excluding steroid dienone is 1. The van der Waals surface area contributed by atoms with E-state index >= 15 is 0 Å². The van der Waals surface area contributed by atoms with Gasteiger partial charge in [0.05, 0.1) is 10.5 Å². The Morgan fingerprint density at radius 3 is 2.80 bits per heavy atom. The highest BCUT2D eigenvalue weighted by Crippen LogP contribution is 2.30. The molecule has 0 aromatic heterocycles. The van der Waals surface area contributed by atoms with Crippen molar-refractivity contribution in [1.29, 1.82) is 0 Å². The van der Waals surface area contributed by atoms with Crippen LogP contribution in [0.4, 0.5) is 4.39 Å². The fraction of sp³-hybridized carbons (Fsp3) is 0.333. The van der Waals surface area contributed by atoms with Gasteiger partial charge in [-0.3, -0.25) is 0 Å². The molecule has 0 amide bonds. The summed E-state index contributed by atoms with van der Waals surface area (Å²) in [6.07, 6.45) is 5.56. The quantitative estimate of drug-likeness (QED) is 0.815. The molecule has 1 atom stereocenters. The van der Waals surface area contributed by atoms with Gasteiger partial charge in [0.15, 0.2) is 0 Å². The highest BCUT2D eigenvalue weighted by Gasteiger charge is 2.15. The van der Waals surface area contributed by atoms with Crippen LogP contribution in [-0.4, -0.2) is 0 Å². The Bertz CT molecular complexity index is 401. The number of halogens is 2. The van der Waals surface area contributed by atoms with Crippen LogP contribution in [0.3, 0.4) is 0 Å². The monoisotopic (exact) mass is 269 g/mol. The van der Waals surface area contributed by atoms with Gasteiger partial charge in [0.25, 0.3) is 0 Å². The first kappa shape index (κ1) is 10.8. The van der Waals surface area contributed by atoms with Gasteiger partial charge in [0, 0.05) is 0 Å². The lowest BCUT2D eigenvalue weighted by Gasteiger charge is -2.14. The van der Waals surface area contributed by atoms with E-state index < -0.39 is 0 Å². The van der Waals surface area contributed by atoms with Gasteiger partial charge in [-0.1, -0.05) is 17.7 Å². The van der Waals surface area contributed by atoms with E-state index in [9.17, 15) is 4.39 Å². The summed E-state index contributed by atoms with van der Waals surface area (Å²) < 4.78 is 13.5. The van der Waals surface area contributed by atoms with Crippen molar-refractivity contribution in [3.8, 4) is 0 Å². The molecular weight excluding hydrogens is 257 g/mol. The third kappa shape index (κ3) is 2.29. The van der Waals surface area contributed by atoms with Crippen LogP contribution in [0.15, 0.2) is 34.3 Å². The third-order valence-electron chi connectivity index (χ3n) is 2.78. The van der Waals surface area contributed by atoms with Crippen molar-refractivity contribution in [2.45, 2.75) is 25.3 Å². The first-order valence-corrected chi connectivity index (χ1v) is 5.87. The van der Waals surface area contributed by atoms with Gasteiger partial charge < -0.3 is 5.73 Å². The van der Waals surface area contributed by atoms with E-state index in [1.54, 1.807) is 12.1 Å². The maximum atomic E-state index is 13.0. The van der Waals surface area contributed by atoms with Crippen molar-refractivity contribution in [1.82, 2.24) is 0 Å². The molecule has 2 rings (SSSR count). The summed E-state index contributed by atoms with van der Waals surface area (Å²) in [5.74, 6) is -0.244. The zero-order chi connectivity index (χ0) is 10.8. The van der Waals surface area contributed by atoms with Gasteiger partial charge >= 0.3 is 0 Å². The normalized spacial score (nSPS) is 17.7.